The third kappa shape index (κ3) is 2.67. The van der Waals surface area contributed by atoms with Crippen molar-refractivity contribution in [3.05, 3.63) is 29.3 Å². The molecule has 0 saturated carbocycles. The Kier molecular flexibility index (Phi) is 4.06. The van der Waals surface area contributed by atoms with E-state index in [1.54, 1.807) is 13.0 Å². The van der Waals surface area contributed by atoms with Crippen LogP contribution in [0.15, 0.2) is 23.1 Å². The second-order valence-corrected chi connectivity index (χ2v) is 5.73. The molecule has 0 aliphatic heterocycles. The van der Waals surface area contributed by atoms with Crippen LogP contribution in [0.3, 0.4) is 0 Å². The van der Waals surface area contributed by atoms with Crippen molar-refractivity contribution < 1.29 is 18.3 Å². The molecule has 18 heavy (non-hydrogen) atoms. The van der Waals surface area contributed by atoms with E-state index in [9.17, 15) is 13.2 Å². The Morgan fingerprint density at radius 3 is 2.61 bits per heavy atom. The molecule has 0 radical (unpaired) electrons. The molecule has 6 nitrogen and oxygen atoms in total. The van der Waals surface area contributed by atoms with Gasteiger partial charge in [0.2, 0.25) is 10.0 Å². The Hall–Kier alpha value is -1.91. The molecule has 0 aliphatic carbocycles. The lowest BCUT2D eigenvalue weighted by molar-refractivity contribution is -0.137. The van der Waals surface area contributed by atoms with E-state index < -0.39 is 22.5 Å². The van der Waals surface area contributed by atoms with E-state index in [2.05, 4.69) is 0 Å². The minimum atomic E-state index is -3.97. The maximum atomic E-state index is 12.1. The van der Waals surface area contributed by atoms with E-state index in [4.69, 9.17) is 10.4 Å². The largest absolute Gasteiger partial charge is 0.480 e. The highest BCUT2D eigenvalue weighted by Crippen LogP contribution is 2.21. The first-order valence-corrected chi connectivity index (χ1v) is 6.42. The zero-order valence-electron chi connectivity index (χ0n) is 9.91. The highest BCUT2D eigenvalue weighted by molar-refractivity contribution is 7.89. The Balaban J connectivity index is 3.34. The molecule has 1 N–H and O–H groups in total. The molecule has 0 atom stereocenters. The standard InChI is InChI=1S/C11H12N2O4S/c1-8-4-3-5-10(9(8)6-12)18(16,17)13(2)7-11(14)15/h3-5H,7H2,1-2H3,(H,14,15). The predicted octanol–water partition coefficient (Wildman–Crippen LogP) is 0.572. The summed E-state index contributed by atoms with van der Waals surface area (Å²) < 4.78 is 24.9. The van der Waals surface area contributed by atoms with Gasteiger partial charge in [-0.15, -0.1) is 0 Å². The summed E-state index contributed by atoms with van der Waals surface area (Å²) >= 11 is 0. The molecular weight excluding hydrogens is 256 g/mol. The fraction of sp³-hybridized carbons (Fsp3) is 0.273. The van der Waals surface area contributed by atoms with Gasteiger partial charge in [0.25, 0.3) is 0 Å². The summed E-state index contributed by atoms with van der Waals surface area (Å²) in [5, 5.41) is 17.6. The number of sulfonamides is 1. The number of benzene rings is 1. The molecule has 0 saturated heterocycles. The number of nitrogens with zero attached hydrogens (tertiary/aromatic N) is 2. The number of carboxylic acids is 1. The van der Waals surface area contributed by atoms with E-state index in [0.29, 0.717) is 9.87 Å². The number of aliphatic carboxylic acids is 1. The number of nitriles is 1. The number of carboxylic acid groups (broad SMARTS) is 1. The number of likely N-dealkylation sites (N-methyl/N-ethyl adjacent to an activating group) is 1. The average Bonchev–Trinajstić information content (AvgIpc) is 2.27. The lowest BCUT2D eigenvalue weighted by Gasteiger charge is -2.16. The highest BCUT2D eigenvalue weighted by Gasteiger charge is 2.26. The first-order chi connectivity index (χ1) is 8.30. The van der Waals surface area contributed by atoms with Gasteiger partial charge in [-0.2, -0.15) is 9.57 Å². The first kappa shape index (κ1) is 14.2. The van der Waals surface area contributed by atoms with E-state index in [-0.39, 0.29) is 10.5 Å². The van der Waals surface area contributed by atoms with Gasteiger partial charge in [0, 0.05) is 7.05 Å². The van der Waals surface area contributed by atoms with Gasteiger partial charge in [-0.05, 0) is 18.6 Å². The second-order valence-electron chi connectivity index (χ2n) is 3.71. The summed E-state index contributed by atoms with van der Waals surface area (Å²) in [5.74, 6) is -1.26. The smallest absolute Gasteiger partial charge is 0.318 e. The van der Waals surface area contributed by atoms with Crippen molar-refractivity contribution in [3.8, 4) is 6.07 Å². The Morgan fingerprint density at radius 1 is 1.50 bits per heavy atom. The summed E-state index contributed by atoms with van der Waals surface area (Å²) in [5.41, 5.74) is 0.567. The highest BCUT2D eigenvalue weighted by atomic mass is 32.2. The van der Waals surface area contributed by atoms with Gasteiger partial charge in [-0.1, -0.05) is 12.1 Å². The van der Waals surface area contributed by atoms with Crippen LogP contribution in [0.25, 0.3) is 0 Å². The van der Waals surface area contributed by atoms with Crippen LogP contribution in [0, 0.1) is 18.3 Å². The molecule has 0 fully saturated rings. The molecule has 1 rings (SSSR count). The monoisotopic (exact) mass is 268 g/mol. The van der Waals surface area contributed by atoms with Crippen molar-refractivity contribution in [2.75, 3.05) is 13.6 Å². The van der Waals surface area contributed by atoms with Crippen LogP contribution in [0.4, 0.5) is 0 Å². The van der Waals surface area contributed by atoms with Crippen molar-refractivity contribution >= 4 is 16.0 Å². The first-order valence-electron chi connectivity index (χ1n) is 4.98. The number of aryl methyl sites for hydroxylation is 1. The van der Waals surface area contributed by atoms with Crippen LogP contribution in [-0.2, 0) is 14.8 Å². The molecule has 0 bridgehead atoms. The zero-order chi connectivity index (χ0) is 13.9. The minimum absolute atomic E-state index is 0.0368. The second kappa shape index (κ2) is 5.16. The number of rotatable bonds is 4. The third-order valence-corrected chi connectivity index (χ3v) is 4.24. The molecule has 0 aliphatic rings. The third-order valence-electron chi connectivity index (χ3n) is 2.39. The lowest BCUT2D eigenvalue weighted by atomic mass is 10.1. The molecule has 0 aromatic heterocycles. The lowest BCUT2D eigenvalue weighted by Crippen LogP contribution is -2.32. The summed E-state index contributed by atoms with van der Waals surface area (Å²) in [6.45, 7) is 0.968. The summed E-state index contributed by atoms with van der Waals surface area (Å²) in [4.78, 5) is 10.4. The van der Waals surface area contributed by atoms with Gasteiger partial charge in [0.1, 0.15) is 17.5 Å². The molecule has 1 aromatic carbocycles. The zero-order valence-corrected chi connectivity index (χ0v) is 10.7. The Morgan fingerprint density at radius 2 is 2.11 bits per heavy atom. The maximum absolute atomic E-state index is 12.1. The van der Waals surface area contributed by atoms with Gasteiger partial charge in [-0.3, -0.25) is 4.79 Å². The van der Waals surface area contributed by atoms with Gasteiger partial charge >= 0.3 is 5.97 Å². The molecule has 1 aromatic rings. The minimum Gasteiger partial charge on any atom is -0.480 e. The SMILES string of the molecule is Cc1cccc(S(=O)(=O)N(C)CC(=O)O)c1C#N. The normalized spacial score (nSPS) is 11.2. The molecule has 0 unspecified atom stereocenters. The molecule has 96 valence electrons. The van der Waals surface area contributed by atoms with Crippen LogP contribution in [-0.4, -0.2) is 37.4 Å². The topological polar surface area (TPSA) is 98.5 Å². The fourth-order valence-electron chi connectivity index (χ4n) is 1.44. The molecule has 0 heterocycles. The van der Waals surface area contributed by atoms with Gasteiger partial charge in [0.15, 0.2) is 0 Å². The van der Waals surface area contributed by atoms with E-state index in [1.165, 1.54) is 12.1 Å². The summed E-state index contributed by atoms with van der Waals surface area (Å²) in [7, 11) is -2.81. The Bertz CT molecular complexity index is 616. The van der Waals surface area contributed by atoms with E-state index in [1.807, 2.05) is 6.07 Å². The Labute approximate surface area is 105 Å². The average molecular weight is 268 g/mol. The summed E-state index contributed by atoms with van der Waals surface area (Å²) in [6.07, 6.45) is 0. The van der Waals surface area contributed by atoms with Crippen LogP contribution in [0.2, 0.25) is 0 Å². The quantitative estimate of drug-likeness (QED) is 0.860. The molecule has 0 spiro atoms. The molecule has 0 amide bonds. The molecular formula is C11H12N2O4S. The van der Waals surface area contributed by atoms with Gasteiger partial charge in [-0.25, -0.2) is 8.42 Å². The van der Waals surface area contributed by atoms with Crippen molar-refractivity contribution in [1.82, 2.24) is 4.31 Å². The fourth-order valence-corrected chi connectivity index (χ4v) is 2.77. The summed E-state index contributed by atoms with van der Waals surface area (Å²) in [6, 6.07) is 6.25. The molecule has 7 heteroatoms. The number of hydrogen-bond donors (Lipinski definition) is 1. The van der Waals surface area contributed by atoms with Crippen LogP contribution < -0.4 is 0 Å². The van der Waals surface area contributed by atoms with E-state index >= 15 is 0 Å². The van der Waals surface area contributed by atoms with Gasteiger partial charge in [0.05, 0.1) is 5.56 Å². The number of carbonyl (C=O) groups is 1. The van der Waals surface area contributed by atoms with Crippen molar-refractivity contribution in [2.24, 2.45) is 0 Å². The van der Waals surface area contributed by atoms with Crippen molar-refractivity contribution in [1.29, 1.82) is 5.26 Å². The van der Waals surface area contributed by atoms with Crippen LogP contribution >= 0.6 is 0 Å². The maximum Gasteiger partial charge on any atom is 0.318 e. The van der Waals surface area contributed by atoms with Crippen LogP contribution in [0.1, 0.15) is 11.1 Å². The van der Waals surface area contributed by atoms with E-state index in [0.717, 1.165) is 7.05 Å². The predicted molar refractivity (Wildman–Crippen MR) is 63.3 cm³/mol. The van der Waals surface area contributed by atoms with Gasteiger partial charge < -0.3 is 5.11 Å². The van der Waals surface area contributed by atoms with Crippen molar-refractivity contribution in [2.45, 2.75) is 11.8 Å². The van der Waals surface area contributed by atoms with Crippen LogP contribution in [0.5, 0.6) is 0 Å². The number of hydrogen-bond acceptors (Lipinski definition) is 4. The van der Waals surface area contributed by atoms with Crippen molar-refractivity contribution in [3.63, 3.8) is 0 Å².